The lowest BCUT2D eigenvalue weighted by molar-refractivity contribution is -0.384. The number of nitro groups is 1. The summed E-state index contributed by atoms with van der Waals surface area (Å²) < 4.78 is 7.46. The van der Waals surface area contributed by atoms with Gasteiger partial charge in [-0.05, 0) is 42.8 Å². The smallest absolute Gasteiger partial charge is 0.271 e. The number of hydrazone groups is 1. The van der Waals surface area contributed by atoms with Crippen LogP contribution in [0, 0.1) is 17.0 Å². The van der Waals surface area contributed by atoms with Crippen molar-refractivity contribution in [2.75, 3.05) is 0 Å². The highest BCUT2D eigenvalue weighted by atomic mass is 16.6. The van der Waals surface area contributed by atoms with Gasteiger partial charge in [0.05, 0.1) is 23.0 Å². The van der Waals surface area contributed by atoms with Crippen molar-refractivity contribution < 1.29 is 14.5 Å². The number of benzene rings is 2. The number of nitrogens with zero attached hydrogens (tertiary/aromatic N) is 6. The van der Waals surface area contributed by atoms with E-state index < -0.39 is 10.8 Å². The summed E-state index contributed by atoms with van der Waals surface area (Å²) in [5.41, 5.74) is 5.45. The molecule has 11 heteroatoms. The number of ether oxygens (including phenoxy) is 1. The molecule has 0 aliphatic carbocycles. The van der Waals surface area contributed by atoms with Crippen LogP contribution in [0.5, 0.6) is 5.75 Å². The summed E-state index contributed by atoms with van der Waals surface area (Å²) in [7, 11) is 0. The number of carbonyl (C=O) groups is 1. The molecule has 0 spiro atoms. The van der Waals surface area contributed by atoms with E-state index in [-0.39, 0.29) is 12.3 Å². The van der Waals surface area contributed by atoms with Crippen LogP contribution in [0.3, 0.4) is 0 Å². The second kappa shape index (κ2) is 10.1. The van der Waals surface area contributed by atoms with Gasteiger partial charge in [0.1, 0.15) is 18.1 Å². The van der Waals surface area contributed by atoms with Crippen molar-refractivity contribution in [1.29, 1.82) is 0 Å². The third kappa shape index (κ3) is 5.46. The summed E-state index contributed by atoms with van der Waals surface area (Å²) in [5.74, 6) is -0.114. The lowest BCUT2D eigenvalue weighted by Crippen LogP contribution is -2.17. The molecule has 0 saturated heterocycles. The molecule has 0 saturated carbocycles. The maximum atomic E-state index is 12.1. The number of aryl methyl sites for hydroxylation is 1. The number of nitrogens with one attached hydrogen (secondary N) is 1. The van der Waals surface area contributed by atoms with Gasteiger partial charge >= 0.3 is 0 Å². The Morgan fingerprint density at radius 1 is 1.21 bits per heavy atom. The SMILES string of the molecule is Cc1cccc(-n2cc(COc3ccc([N+](=O)[O-])cc3/C=N/NC(=O)c3ccncc3)nn2)c1. The van der Waals surface area contributed by atoms with Gasteiger partial charge in [0, 0.05) is 35.7 Å². The minimum atomic E-state index is -0.524. The van der Waals surface area contributed by atoms with E-state index in [9.17, 15) is 14.9 Å². The van der Waals surface area contributed by atoms with Gasteiger partial charge in [0.15, 0.2) is 0 Å². The van der Waals surface area contributed by atoms with Crippen LogP contribution < -0.4 is 10.2 Å². The molecule has 0 unspecified atom stereocenters. The van der Waals surface area contributed by atoms with Crippen molar-refractivity contribution in [3.05, 3.63) is 106 Å². The van der Waals surface area contributed by atoms with E-state index in [2.05, 4.69) is 25.8 Å². The Balaban J connectivity index is 1.48. The first-order valence-corrected chi connectivity index (χ1v) is 10.1. The van der Waals surface area contributed by atoms with Crippen LogP contribution in [0.2, 0.25) is 0 Å². The minimum Gasteiger partial charge on any atom is -0.486 e. The molecule has 0 bridgehead atoms. The van der Waals surface area contributed by atoms with Gasteiger partial charge in [0.25, 0.3) is 11.6 Å². The maximum Gasteiger partial charge on any atom is 0.271 e. The topological polar surface area (TPSA) is 137 Å². The average molecular weight is 457 g/mol. The van der Waals surface area contributed by atoms with Crippen LogP contribution in [-0.2, 0) is 6.61 Å². The fourth-order valence-corrected chi connectivity index (χ4v) is 3.02. The highest BCUT2D eigenvalue weighted by molar-refractivity contribution is 5.95. The molecule has 0 atom stereocenters. The molecule has 1 amide bonds. The average Bonchev–Trinajstić information content (AvgIpc) is 3.33. The number of rotatable bonds is 8. The van der Waals surface area contributed by atoms with Gasteiger partial charge in [-0.25, -0.2) is 10.1 Å². The van der Waals surface area contributed by atoms with Crippen LogP contribution in [-0.4, -0.2) is 37.0 Å². The lowest BCUT2D eigenvalue weighted by Gasteiger charge is -2.07. The van der Waals surface area contributed by atoms with Crippen molar-refractivity contribution in [3.63, 3.8) is 0 Å². The zero-order valence-corrected chi connectivity index (χ0v) is 18.0. The third-order valence-electron chi connectivity index (χ3n) is 4.70. The number of hydrogen-bond donors (Lipinski definition) is 1. The molecule has 1 N–H and O–H groups in total. The Labute approximate surface area is 193 Å². The van der Waals surface area contributed by atoms with Crippen molar-refractivity contribution in [1.82, 2.24) is 25.4 Å². The monoisotopic (exact) mass is 457 g/mol. The Morgan fingerprint density at radius 2 is 2.03 bits per heavy atom. The summed E-state index contributed by atoms with van der Waals surface area (Å²) in [4.78, 5) is 26.7. The van der Waals surface area contributed by atoms with Gasteiger partial charge in [-0.2, -0.15) is 5.10 Å². The summed E-state index contributed by atoms with van der Waals surface area (Å²) in [5, 5.41) is 23.3. The van der Waals surface area contributed by atoms with E-state index in [0.717, 1.165) is 11.3 Å². The number of nitro benzene ring substituents is 1. The molecule has 34 heavy (non-hydrogen) atoms. The predicted molar refractivity (Wildman–Crippen MR) is 123 cm³/mol. The molecule has 2 aromatic carbocycles. The minimum absolute atomic E-state index is 0.0772. The molecule has 2 aromatic heterocycles. The first-order chi connectivity index (χ1) is 16.5. The van der Waals surface area contributed by atoms with E-state index in [1.807, 2.05) is 31.2 Å². The van der Waals surface area contributed by atoms with E-state index in [1.54, 1.807) is 10.9 Å². The number of aromatic nitrogens is 4. The quantitative estimate of drug-likeness (QED) is 0.244. The normalized spacial score (nSPS) is 10.9. The van der Waals surface area contributed by atoms with Crippen molar-refractivity contribution >= 4 is 17.8 Å². The predicted octanol–water partition coefficient (Wildman–Crippen LogP) is 3.22. The number of pyridine rings is 1. The molecule has 170 valence electrons. The third-order valence-corrected chi connectivity index (χ3v) is 4.70. The number of amides is 1. The second-order valence-corrected chi connectivity index (χ2v) is 7.20. The summed E-state index contributed by atoms with van der Waals surface area (Å²) >= 11 is 0. The number of non-ortho nitro benzene ring substituents is 1. The Hall–Kier alpha value is -4.93. The molecule has 0 radical (unpaired) electrons. The number of hydrogen-bond acceptors (Lipinski definition) is 8. The maximum absolute atomic E-state index is 12.1. The first kappa shape index (κ1) is 22.3. The van der Waals surface area contributed by atoms with Gasteiger partial charge in [-0.15, -0.1) is 5.10 Å². The highest BCUT2D eigenvalue weighted by Gasteiger charge is 2.12. The van der Waals surface area contributed by atoms with Crippen LogP contribution in [0.4, 0.5) is 5.69 Å². The molecule has 0 fully saturated rings. The van der Waals surface area contributed by atoms with E-state index in [0.29, 0.717) is 22.6 Å². The molecule has 2 heterocycles. The van der Waals surface area contributed by atoms with E-state index in [1.165, 1.54) is 48.9 Å². The zero-order chi connectivity index (χ0) is 23.9. The molecule has 4 aromatic rings. The Morgan fingerprint density at radius 3 is 2.79 bits per heavy atom. The van der Waals surface area contributed by atoms with E-state index in [4.69, 9.17) is 4.74 Å². The fraction of sp³-hybridized carbons (Fsp3) is 0.0870. The molecule has 0 aliphatic rings. The summed E-state index contributed by atoms with van der Waals surface area (Å²) in [6.07, 6.45) is 5.99. The van der Waals surface area contributed by atoms with Crippen LogP contribution in [0.1, 0.15) is 27.2 Å². The molecule has 11 nitrogen and oxygen atoms in total. The first-order valence-electron chi connectivity index (χ1n) is 10.1. The van der Waals surface area contributed by atoms with Crippen LogP contribution >= 0.6 is 0 Å². The number of carbonyl (C=O) groups excluding carboxylic acids is 1. The summed E-state index contributed by atoms with van der Waals surface area (Å²) in [6.45, 7) is 2.06. The lowest BCUT2D eigenvalue weighted by atomic mass is 10.2. The van der Waals surface area contributed by atoms with Gasteiger partial charge in [-0.3, -0.25) is 19.9 Å². The fourth-order valence-electron chi connectivity index (χ4n) is 3.02. The van der Waals surface area contributed by atoms with Crippen molar-refractivity contribution in [3.8, 4) is 11.4 Å². The van der Waals surface area contributed by atoms with Crippen LogP contribution in [0.25, 0.3) is 5.69 Å². The molecular formula is C23H19N7O4. The van der Waals surface area contributed by atoms with Gasteiger partial charge < -0.3 is 4.74 Å². The zero-order valence-electron chi connectivity index (χ0n) is 18.0. The van der Waals surface area contributed by atoms with Crippen molar-refractivity contribution in [2.24, 2.45) is 5.10 Å². The largest absolute Gasteiger partial charge is 0.486 e. The highest BCUT2D eigenvalue weighted by Crippen LogP contribution is 2.24. The Kier molecular flexibility index (Phi) is 6.63. The second-order valence-electron chi connectivity index (χ2n) is 7.20. The standard InChI is InChI=1S/C23H19N7O4/c1-16-3-2-4-20(11-16)29-14-19(26-28-29)15-34-22-6-5-21(30(32)33)12-18(22)13-25-27-23(31)17-7-9-24-10-8-17/h2-14H,15H2,1H3,(H,27,31)/b25-13+. The molecular weight excluding hydrogens is 438 g/mol. The van der Waals surface area contributed by atoms with Crippen LogP contribution in [0.15, 0.2) is 78.3 Å². The van der Waals surface area contributed by atoms with Crippen molar-refractivity contribution in [2.45, 2.75) is 13.5 Å². The summed E-state index contributed by atoms with van der Waals surface area (Å²) in [6, 6.07) is 15.0. The molecule has 0 aliphatic heterocycles. The molecule has 4 rings (SSSR count). The van der Waals surface area contributed by atoms with Gasteiger partial charge in [-0.1, -0.05) is 17.3 Å². The van der Waals surface area contributed by atoms with Gasteiger partial charge in [0.2, 0.25) is 0 Å². The Bertz CT molecular complexity index is 1350. The van der Waals surface area contributed by atoms with E-state index >= 15 is 0 Å².